The lowest BCUT2D eigenvalue weighted by molar-refractivity contribution is -0.135. The molecule has 0 aliphatic carbocycles. The van der Waals surface area contributed by atoms with E-state index in [1.807, 2.05) is 0 Å². The van der Waals surface area contributed by atoms with E-state index in [-0.39, 0.29) is 5.91 Å². The number of nitrogens with one attached hydrogen (secondary N) is 1. The van der Waals surface area contributed by atoms with Gasteiger partial charge < -0.3 is 15.8 Å². The zero-order chi connectivity index (χ0) is 11.9. The quantitative estimate of drug-likeness (QED) is 0.520. The van der Waals surface area contributed by atoms with Crippen molar-refractivity contribution in [2.45, 2.75) is 25.7 Å². The minimum absolute atomic E-state index is 0.0512. The van der Waals surface area contributed by atoms with Crippen LogP contribution in [-0.4, -0.2) is 32.2 Å². The van der Waals surface area contributed by atoms with Gasteiger partial charge in [-0.3, -0.25) is 4.79 Å². The molecule has 0 atom stereocenters. The van der Waals surface area contributed by atoms with Gasteiger partial charge in [-0.1, -0.05) is 0 Å². The lowest BCUT2D eigenvalue weighted by Crippen LogP contribution is -2.49. The van der Waals surface area contributed by atoms with Crippen LogP contribution in [0.3, 0.4) is 0 Å². The molecule has 1 rings (SSSR count). The molecule has 0 aromatic heterocycles. The number of carbonyl (C=O) groups excluding carboxylic acids is 1. The number of hydrogen-bond acceptors (Lipinski definition) is 3. The van der Waals surface area contributed by atoms with Crippen LogP contribution in [0.25, 0.3) is 0 Å². The highest BCUT2D eigenvalue weighted by atomic mass is 16.5. The number of unbranched alkanes of at least 4 members (excludes halogenated alkanes) is 1. The lowest BCUT2D eigenvalue weighted by Gasteiger charge is -2.34. The van der Waals surface area contributed by atoms with Crippen LogP contribution in [0.5, 0.6) is 0 Å². The molecule has 4 nitrogen and oxygen atoms in total. The zero-order valence-electron chi connectivity index (χ0n) is 9.63. The fraction of sp³-hybridized carbons (Fsp3) is 0.750. The number of ether oxygens (including phenoxy) is 1. The average molecular weight is 224 g/mol. The minimum atomic E-state index is -0.422. The maximum absolute atomic E-state index is 12.0. The van der Waals surface area contributed by atoms with Crippen molar-refractivity contribution in [2.24, 2.45) is 11.1 Å². The highest BCUT2D eigenvalue weighted by molar-refractivity contribution is 5.83. The van der Waals surface area contributed by atoms with E-state index in [9.17, 15) is 4.79 Å². The second kappa shape index (κ2) is 6.51. The Hall–Kier alpha value is -1.05. The van der Waals surface area contributed by atoms with E-state index in [1.165, 1.54) is 0 Å². The molecule has 1 heterocycles. The predicted molar refractivity (Wildman–Crippen MR) is 62.6 cm³/mol. The molecule has 3 N–H and O–H groups in total. The molecule has 0 aromatic carbocycles. The van der Waals surface area contributed by atoms with Gasteiger partial charge in [-0.2, -0.15) is 0 Å². The van der Waals surface area contributed by atoms with Crippen LogP contribution in [0, 0.1) is 17.8 Å². The van der Waals surface area contributed by atoms with Crippen molar-refractivity contribution in [3.05, 3.63) is 0 Å². The number of carbonyl (C=O) groups is 1. The highest BCUT2D eigenvalue weighted by Gasteiger charge is 2.38. The fourth-order valence-corrected chi connectivity index (χ4v) is 1.87. The molecule has 4 heteroatoms. The Kier molecular flexibility index (Phi) is 5.30. The van der Waals surface area contributed by atoms with Crippen LogP contribution in [0.15, 0.2) is 0 Å². The van der Waals surface area contributed by atoms with E-state index in [1.54, 1.807) is 0 Å². The summed E-state index contributed by atoms with van der Waals surface area (Å²) in [6.07, 6.45) is 8.08. The molecule has 1 aliphatic heterocycles. The zero-order valence-corrected chi connectivity index (χ0v) is 9.63. The maximum Gasteiger partial charge on any atom is 0.227 e. The summed E-state index contributed by atoms with van der Waals surface area (Å²) in [5.41, 5.74) is 5.30. The van der Waals surface area contributed by atoms with E-state index in [0.717, 1.165) is 6.42 Å². The van der Waals surface area contributed by atoms with Crippen LogP contribution >= 0.6 is 0 Å². The van der Waals surface area contributed by atoms with Crippen molar-refractivity contribution >= 4 is 5.91 Å². The minimum Gasteiger partial charge on any atom is -0.381 e. The van der Waals surface area contributed by atoms with Gasteiger partial charge in [-0.05, 0) is 19.3 Å². The summed E-state index contributed by atoms with van der Waals surface area (Å²) < 4.78 is 5.26. The summed E-state index contributed by atoms with van der Waals surface area (Å²) in [6, 6.07) is 0. The topological polar surface area (TPSA) is 64.4 Å². The van der Waals surface area contributed by atoms with Crippen LogP contribution in [0.4, 0.5) is 0 Å². The number of terminal acetylenes is 1. The van der Waals surface area contributed by atoms with Crippen LogP contribution in [-0.2, 0) is 9.53 Å². The van der Waals surface area contributed by atoms with Gasteiger partial charge in [0.2, 0.25) is 5.91 Å². The first-order chi connectivity index (χ1) is 7.75. The second-order valence-electron chi connectivity index (χ2n) is 4.16. The van der Waals surface area contributed by atoms with Gasteiger partial charge in [0.1, 0.15) is 0 Å². The largest absolute Gasteiger partial charge is 0.381 e. The van der Waals surface area contributed by atoms with E-state index in [4.69, 9.17) is 16.9 Å². The molecule has 0 saturated carbocycles. The van der Waals surface area contributed by atoms with E-state index >= 15 is 0 Å². The van der Waals surface area contributed by atoms with Crippen LogP contribution in [0.1, 0.15) is 25.7 Å². The number of amides is 1. The molecule has 1 aliphatic rings. The summed E-state index contributed by atoms with van der Waals surface area (Å²) in [7, 11) is 0. The molecule has 1 saturated heterocycles. The number of nitrogens with two attached hydrogens (primary N) is 1. The molecular formula is C12H20N2O2. The maximum atomic E-state index is 12.0. The first-order valence-electron chi connectivity index (χ1n) is 5.75. The normalized spacial score (nSPS) is 18.8. The highest BCUT2D eigenvalue weighted by Crippen LogP contribution is 2.29. The Morgan fingerprint density at radius 1 is 1.50 bits per heavy atom. The van der Waals surface area contributed by atoms with Crippen molar-refractivity contribution in [2.75, 3.05) is 26.3 Å². The average Bonchev–Trinajstić information content (AvgIpc) is 2.35. The Balaban J connectivity index is 2.40. The molecule has 0 spiro atoms. The lowest BCUT2D eigenvalue weighted by atomic mass is 9.79. The Morgan fingerprint density at radius 3 is 2.75 bits per heavy atom. The molecule has 0 unspecified atom stereocenters. The van der Waals surface area contributed by atoms with Crippen molar-refractivity contribution in [3.63, 3.8) is 0 Å². The molecule has 16 heavy (non-hydrogen) atoms. The smallest absolute Gasteiger partial charge is 0.227 e. The van der Waals surface area contributed by atoms with Crippen molar-refractivity contribution in [1.82, 2.24) is 5.32 Å². The van der Waals surface area contributed by atoms with Crippen molar-refractivity contribution in [3.8, 4) is 12.3 Å². The molecule has 1 fully saturated rings. The number of rotatable bonds is 5. The van der Waals surface area contributed by atoms with Crippen molar-refractivity contribution in [1.29, 1.82) is 0 Å². The summed E-state index contributed by atoms with van der Waals surface area (Å²) in [4.78, 5) is 12.0. The third-order valence-electron chi connectivity index (χ3n) is 3.11. The van der Waals surface area contributed by atoms with Gasteiger partial charge in [0.05, 0.1) is 5.41 Å². The van der Waals surface area contributed by atoms with E-state index in [0.29, 0.717) is 45.6 Å². The fourth-order valence-electron chi connectivity index (χ4n) is 1.87. The molecule has 0 aromatic rings. The third kappa shape index (κ3) is 3.22. The SMILES string of the molecule is C#CCCCNC(=O)C1(CN)CCOCC1. The Labute approximate surface area is 96.9 Å². The number of hydrogen-bond donors (Lipinski definition) is 2. The Morgan fingerprint density at radius 2 is 2.19 bits per heavy atom. The summed E-state index contributed by atoms with van der Waals surface area (Å²) in [5.74, 6) is 2.60. The van der Waals surface area contributed by atoms with Gasteiger partial charge in [0.15, 0.2) is 0 Å². The van der Waals surface area contributed by atoms with E-state index < -0.39 is 5.41 Å². The predicted octanol–water partition coefficient (Wildman–Crippen LogP) is 0.272. The first kappa shape index (κ1) is 13.0. The van der Waals surface area contributed by atoms with Gasteiger partial charge in [-0.25, -0.2) is 0 Å². The third-order valence-corrected chi connectivity index (χ3v) is 3.11. The monoisotopic (exact) mass is 224 g/mol. The van der Waals surface area contributed by atoms with E-state index in [2.05, 4.69) is 11.2 Å². The van der Waals surface area contributed by atoms with Crippen molar-refractivity contribution < 1.29 is 9.53 Å². The molecular weight excluding hydrogens is 204 g/mol. The van der Waals surface area contributed by atoms with Crippen LogP contribution in [0.2, 0.25) is 0 Å². The molecule has 1 amide bonds. The van der Waals surface area contributed by atoms with Gasteiger partial charge in [-0.15, -0.1) is 12.3 Å². The Bertz CT molecular complexity index is 265. The molecule has 0 bridgehead atoms. The second-order valence-corrected chi connectivity index (χ2v) is 4.16. The summed E-state index contributed by atoms with van der Waals surface area (Å²) >= 11 is 0. The van der Waals surface area contributed by atoms with Gasteiger partial charge in [0, 0.05) is 32.7 Å². The summed E-state index contributed by atoms with van der Waals surface area (Å²) in [6.45, 7) is 2.26. The molecule has 90 valence electrons. The first-order valence-corrected chi connectivity index (χ1v) is 5.75. The van der Waals surface area contributed by atoms with Gasteiger partial charge >= 0.3 is 0 Å². The standard InChI is InChI=1S/C12H20N2O2/c1-2-3-4-7-14-11(15)12(10-13)5-8-16-9-6-12/h1H,3-10,13H2,(H,14,15). The summed E-state index contributed by atoms with van der Waals surface area (Å²) in [5, 5.41) is 2.91. The van der Waals surface area contributed by atoms with Gasteiger partial charge in [0.25, 0.3) is 0 Å². The molecule has 0 radical (unpaired) electrons. The van der Waals surface area contributed by atoms with Crippen LogP contribution < -0.4 is 11.1 Å².